The first kappa shape index (κ1) is 11.9. The van der Waals surface area contributed by atoms with Gasteiger partial charge in [0.2, 0.25) is 5.90 Å². The van der Waals surface area contributed by atoms with Crippen LogP contribution in [-0.2, 0) is 4.74 Å². The van der Waals surface area contributed by atoms with Crippen LogP contribution in [-0.4, -0.2) is 33.5 Å². The summed E-state index contributed by atoms with van der Waals surface area (Å²) in [6.07, 6.45) is 4.48. The van der Waals surface area contributed by atoms with Crippen molar-refractivity contribution >= 4 is 40.7 Å². The van der Waals surface area contributed by atoms with E-state index in [1.54, 1.807) is 0 Å². The number of alkyl halides is 3. The summed E-state index contributed by atoms with van der Waals surface area (Å²) in [5.74, 6) is 2.33. The highest BCUT2D eigenvalue weighted by atomic mass is 35.6. The van der Waals surface area contributed by atoms with Crippen LogP contribution in [0, 0.1) is 12.3 Å². The number of aliphatic imine (C=N–C) groups is 1. The van der Waals surface area contributed by atoms with Crippen LogP contribution in [0.4, 0.5) is 0 Å². The predicted octanol–water partition coefficient (Wildman–Crippen LogP) is 1.54. The van der Waals surface area contributed by atoms with Gasteiger partial charge in [0.05, 0.1) is 6.10 Å². The van der Waals surface area contributed by atoms with Gasteiger partial charge in [-0.1, -0.05) is 34.8 Å². The highest BCUT2D eigenvalue weighted by Gasteiger charge is 2.37. The number of halogens is 3. The summed E-state index contributed by atoms with van der Waals surface area (Å²) in [5.41, 5.74) is 0. The fourth-order valence-electron chi connectivity index (χ4n) is 0.998. The first-order valence-electron chi connectivity index (χ1n) is 3.84. The molecule has 0 bridgehead atoms. The number of aliphatic hydroxyl groups excluding tert-OH is 1. The average molecular weight is 257 g/mol. The second-order valence-electron chi connectivity index (χ2n) is 2.79. The van der Waals surface area contributed by atoms with Gasteiger partial charge >= 0.3 is 0 Å². The molecule has 0 unspecified atom stereocenters. The summed E-state index contributed by atoms with van der Waals surface area (Å²) < 4.78 is 3.35. The molecule has 1 N–H and O–H groups in total. The van der Waals surface area contributed by atoms with Crippen molar-refractivity contribution in [2.75, 3.05) is 6.61 Å². The van der Waals surface area contributed by atoms with E-state index in [4.69, 9.17) is 46.0 Å². The first-order chi connectivity index (χ1) is 6.45. The normalized spacial score (nSPS) is 23.6. The Morgan fingerprint density at radius 1 is 1.71 bits per heavy atom. The van der Waals surface area contributed by atoms with Crippen LogP contribution in [0.15, 0.2) is 4.99 Å². The maximum atomic E-state index is 9.47. The van der Waals surface area contributed by atoms with Crippen molar-refractivity contribution in [2.24, 2.45) is 4.99 Å². The van der Waals surface area contributed by atoms with E-state index >= 15 is 0 Å². The zero-order valence-electron chi connectivity index (χ0n) is 7.08. The molecule has 0 aromatic carbocycles. The third-order valence-electron chi connectivity index (χ3n) is 1.69. The number of ether oxygens (including phenoxy) is 1. The molecule has 0 spiro atoms. The van der Waals surface area contributed by atoms with Crippen molar-refractivity contribution in [1.82, 2.24) is 0 Å². The number of nitrogens with zero attached hydrogens (tertiary/aromatic N) is 1. The summed E-state index contributed by atoms with van der Waals surface area (Å²) >= 11 is 16.6. The van der Waals surface area contributed by atoms with E-state index in [9.17, 15) is 5.11 Å². The van der Waals surface area contributed by atoms with Crippen molar-refractivity contribution in [1.29, 1.82) is 0 Å². The molecule has 1 aliphatic heterocycles. The molecule has 1 aliphatic rings. The van der Waals surface area contributed by atoms with Crippen LogP contribution in [0.25, 0.3) is 0 Å². The Bertz CT molecular complexity index is 279. The molecule has 3 nitrogen and oxygen atoms in total. The molecule has 0 aromatic heterocycles. The first-order valence-corrected chi connectivity index (χ1v) is 4.98. The Kier molecular flexibility index (Phi) is 3.91. The van der Waals surface area contributed by atoms with Crippen LogP contribution in [0.5, 0.6) is 0 Å². The van der Waals surface area contributed by atoms with Crippen molar-refractivity contribution in [3.63, 3.8) is 0 Å². The SMILES string of the molecule is C#CC[C@H](O)[C@H]1COC(C(Cl)(Cl)Cl)=N1. The number of rotatable bonds is 2. The van der Waals surface area contributed by atoms with E-state index in [1.807, 2.05) is 0 Å². The van der Waals surface area contributed by atoms with E-state index in [-0.39, 0.29) is 18.9 Å². The molecule has 2 atom stereocenters. The van der Waals surface area contributed by atoms with Gasteiger partial charge in [0, 0.05) is 6.42 Å². The molecule has 14 heavy (non-hydrogen) atoms. The van der Waals surface area contributed by atoms with Crippen molar-refractivity contribution in [3.8, 4) is 12.3 Å². The fourth-order valence-corrected chi connectivity index (χ4v) is 1.31. The molecule has 1 heterocycles. The molecule has 1 rings (SSSR count). The molecule has 0 aromatic rings. The minimum Gasteiger partial charge on any atom is -0.476 e. The molecule has 0 aliphatic carbocycles. The largest absolute Gasteiger partial charge is 0.476 e. The third kappa shape index (κ3) is 2.93. The monoisotopic (exact) mass is 255 g/mol. The summed E-state index contributed by atoms with van der Waals surface area (Å²) in [6.45, 7) is 0.187. The minimum absolute atomic E-state index is 0.00331. The van der Waals surface area contributed by atoms with Crippen LogP contribution in [0.2, 0.25) is 0 Å². The van der Waals surface area contributed by atoms with Crippen LogP contribution in [0.1, 0.15) is 6.42 Å². The van der Waals surface area contributed by atoms with E-state index < -0.39 is 15.9 Å². The van der Waals surface area contributed by atoms with Gasteiger partial charge in [-0.3, -0.25) is 0 Å². The lowest BCUT2D eigenvalue weighted by atomic mass is 10.1. The summed E-state index contributed by atoms with van der Waals surface area (Å²) in [6, 6.07) is -0.448. The van der Waals surface area contributed by atoms with Gasteiger partial charge in [0.1, 0.15) is 12.6 Å². The fraction of sp³-hybridized carbons (Fsp3) is 0.625. The molecule has 6 heteroatoms. The van der Waals surface area contributed by atoms with Gasteiger partial charge in [0.15, 0.2) is 0 Å². The van der Waals surface area contributed by atoms with Crippen molar-refractivity contribution < 1.29 is 9.84 Å². The van der Waals surface area contributed by atoms with Gasteiger partial charge in [-0.05, 0) is 0 Å². The van der Waals surface area contributed by atoms with Gasteiger partial charge in [-0.2, -0.15) is 0 Å². The summed E-state index contributed by atoms with van der Waals surface area (Å²) in [4.78, 5) is 3.93. The second kappa shape index (κ2) is 4.59. The molecule has 0 saturated carbocycles. The Labute approximate surface area is 97.0 Å². The van der Waals surface area contributed by atoms with Crippen LogP contribution < -0.4 is 0 Å². The molecular formula is C8H8Cl3NO2. The lowest BCUT2D eigenvalue weighted by Gasteiger charge is -2.09. The van der Waals surface area contributed by atoms with E-state index in [0.717, 1.165) is 0 Å². The van der Waals surface area contributed by atoms with E-state index in [1.165, 1.54) is 0 Å². The van der Waals surface area contributed by atoms with Crippen LogP contribution >= 0.6 is 34.8 Å². The second-order valence-corrected chi connectivity index (χ2v) is 5.07. The summed E-state index contributed by atoms with van der Waals surface area (Å²) in [7, 11) is 0. The molecule has 0 fully saturated rings. The van der Waals surface area contributed by atoms with E-state index in [0.29, 0.717) is 0 Å². The maximum Gasteiger partial charge on any atom is 0.266 e. The number of terminal acetylenes is 1. The topological polar surface area (TPSA) is 41.8 Å². The van der Waals surface area contributed by atoms with Crippen molar-refractivity contribution in [2.45, 2.75) is 22.4 Å². The quantitative estimate of drug-likeness (QED) is 0.601. The zero-order chi connectivity index (χ0) is 10.8. The standard InChI is InChI=1S/C8H8Cl3NO2/c1-2-3-6(13)5-4-14-7(12-5)8(9,10)11/h1,5-6,13H,3-4H2/t5-,6+/m1/s1. The highest BCUT2D eigenvalue weighted by Crippen LogP contribution is 2.31. The Hall–Kier alpha value is -0.140. The van der Waals surface area contributed by atoms with E-state index in [2.05, 4.69) is 10.9 Å². The molecule has 0 amide bonds. The molecule has 78 valence electrons. The van der Waals surface area contributed by atoms with Gasteiger partial charge in [0.25, 0.3) is 3.79 Å². The highest BCUT2D eigenvalue weighted by molar-refractivity contribution is 6.76. The number of hydrogen-bond donors (Lipinski definition) is 1. The van der Waals surface area contributed by atoms with Crippen LogP contribution in [0.3, 0.4) is 0 Å². The van der Waals surface area contributed by atoms with Gasteiger partial charge < -0.3 is 9.84 Å². The Balaban J connectivity index is 2.63. The average Bonchev–Trinajstić information content (AvgIpc) is 2.51. The molecule has 0 radical (unpaired) electrons. The smallest absolute Gasteiger partial charge is 0.266 e. The molecule has 0 saturated heterocycles. The minimum atomic E-state index is -1.68. The third-order valence-corrected chi connectivity index (χ3v) is 2.17. The Morgan fingerprint density at radius 2 is 2.36 bits per heavy atom. The number of hydrogen-bond acceptors (Lipinski definition) is 3. The van der Waals surface area contributed by atoms with Gasteiger partial charge in [-0.15, -0.1) is 12.3 Å². The predicted molar refractivity (Wildman–Crippen MR) is 56.9 cm³/mol. The van der Waals surface area contributed by atoms with Gasteiger partial charge in [-0.25, -0.2) is 4.99 Å². The van der Waals surface area contributed by atoms with Crippen molar-refractivity contribution in [3.05, 3.63) is 0 Å². The molecular weight excluding hydrogens is 248 g/mol. The number of aliphatic hydroxyl groups is 1. The lowest BCUT2D eigenvalue weighted by molar-refractivity contribution is 0.133. The Morgan fingerprint density at radius 3 is 2.79 bits per heavy atom. The maximum absolute atomic E-state index is 9.47. The zero-order valence-corrected chi connectivity index (χ0v) is 9.35. The summed E-state index contributed by atoms with van der Waals surface area (Å²) in [5, 5.41) is 9.47. The lowest BCUT2D eigenvalue weighted by Crippen LogP contribution is -2.24.